The van der Waals surface area contributed by atoms with Crippen LogP contribution in [0.1, 0.15) is 24.1 Å². The number of carbonyl (C=O) groups is 1. The highest BCUT2D eigenvalue weighted by Crippen LogP contribution is 2.26. The third-order valence-electron chi connectivity index (χ3n) is 2.76. The monoisotopic (exact) mass is 251 g/mol. The lowest BCUT2D eigenvalue weighted by molar-refractivity contribution is -0.146. The number of esters is 1. The number of benzene rings is 1. The number of carbonyl (C=O) groups excluding carboxylic acids is 1. The third-order valence-corrected chi connectivity index (χ3v) is 2.76. The summed E-state index contributed by atoms with van der Waals surface area (Å²) in [6, 6.07) is 5.38. The Bertz CT molecular complexity index is 416. The van der Waals surface area contributed by atoms with Gasteiger partial charge in [-0.05, 0) is 45.1 Å². The van der Waals surface area contributed by atoms with E-state index in [1.807, 2.05) is 51.0 Å². The van der Waals surface area contributed by atoms with Crippen molar-refractivity contribution in [3.8, 4) is 5.75 Å². The van der Waals surface area contributed by atoms with Gasteiger partial charge in [-0.2, -0.15) is 0 Å². The molecule has 1 unspecified atom stereocenters. The van der Waals surface area contributed by atoms with Crippen LogP contribution in [0.3, 0.4) is 0 Å². The topological polar surface area (TPSA) is 38.8 Å². The molecule has 1 aromatic carbocycles. The van der Waals surface area contributed by atoms with Crippen LogP contribution >= 0.6 is 0 Å². The first-order valence-corrected chi connectivity index (χ1v) is 5.98. The van der Waals surface area contributed by atoms with Gasteiger partial charge in [0.2, 0.25) is 0 Å². The number of nitrogens with zero attached hydrogens (tertiary/aromatic N) is 1. The fourth-order valence-electron chi connectivity index (χ4n) is 1.92. The molecular formula is C14H21NO3. The maximum absolute atomic E-state index is 11.8. The summed E-state index contributed by atoms with van der Waals surface area (Å²) < 4.78 is 10.3. The van der Waals surface area contributed by atoms with E-state index in [0.29, 0.717) is 6.61 Å². The highest BCUT2D eigenvalue weighted by molar-refractivity contribution is 5.77. The van der Waals surface area contributed by atoms with Crippen molar-refractivity contribution in [3.63, 3.8) is 0 Å². The highest BCUT2D eigenvalue weighted by Gasteiger charge is 2.24. The molecule has 0 fully saturated rings. The molecule has 0 aromatic heterocycles. The molecular weight excluding hydrogens is 230 g/mol. The minimum absolute atomic E-state index is 0.261. The van der Waals surface area contributed by atoms with Crippen LogP contribution in [-0.2, 0) is 9.53 Å². The van der Waals surface area contributed by atoms with Crippen molar-refractivity contribution >= 4 is 5.97 Å². The molecule has 18 heavy (non-hydrogen) atoms. The summed E-state index contributed by atoms with van der Waals surface area (Å²) in [7, 11) is 5.11. The van der Waals surface area contributed by atoms with E-state index in [1.165, 1.54) is 7.11 Å². The van der Waals surface area contributed by atoms with Crippen molar-refractivity contribution in [2.75, 3.05) is 27.8 Å². The zero-order valence-corrected chi connectivity index (χ0v) is 11.7. The molecule has 0 spiro atoms. The Labute approximate surface area is 108 Å². The van der Waals surface area contributed by atoms with Gasteiger partial charge in [-0.1, -0.05) is 12.1 Å². The Hall–Kier alpha value is -1.55. The van der Waals surface area contributed by atoms with E-state index < -0.39 is 0 Å². The van der Waals surface area contributed by atoms with Crippen LogP contribution in [0.25, 0.3) is 0 Å². The first-order valence-electron chi connectivity index (χ1n) is 5.98. The van der Waals surface area contributed by atoms with E-state index in [0.717, 1.165) is 16.9 Å². The van der Waals surface area contributed by atoms with E-state index >= 15 is 0 Å². The van der Waals surface area contributed by atoms with Gasteiger partial charge in [0.25, 0.3) is 0 Å². The maximum Gasteiger partial charge on any atom is 0.327 e. The van der Waals surface area contributed by atoms with Crippen LogP contribution in [-0.4, -0.2) is 38.7 Å². The highest BCUT2D eigenvalue weighted by atomic mass is 16.5. The van der Waals surface area contributed by atoms with Crippen LogP contribution in [0.15, 0.2) is 18.2 Å². The van der Waals surface area contributed by atoms with Gasteiger partial charge in [0.15, 0.2) is 0 Å². The van der Waals surface area contributed by atoms with Crippen LogP contribution in [0.2, 0.25) is 0 Å². The molecule has 1 rings (SSSR count). The molecule has 0 saturated carbocycles. The molecule has 100 valence electrons. The molecule has 4 nitrogen and oxygen atoms in total. The van der Waals surface area contributed by atoms with Crippen molar-refractivity contribution in [1.29, 1.82) is 0 Å². The average Bonchev–Trinajstić information content (AvgIpc) is 2.32. The van der Waals surface area contributed by atoms with E-state index in [-0.39, 0.29) is 12.0 Å². The van der Waals surface area contributed by atoms with Crippen LogP contribution < -0.4 is 4.74 Å². The number of ether oxygens (including phenoxy) is 2. The van der Waals surface area contributed by atoms with E-state index in [9.17, 15) is 4.79 Å². The van der Waals surface area contributed by atoms with Crippen molar-refractivity contribution in [3.05, 3.63) is 29.3 Å². The van der Waals surface area contributed by atoms with Crippen LogP contribution in [0.4, 0.5) is 0 Å². The fourth-order valence-corrected chi connectivity index (χ4v) is 1.92. The van der Waals surface area contributed by atoms with Gasteiger partial charge < -0.3 is 9.47 Å². The smallest absolute Gasteiger partial charge is 0.327 e. The second-order valence-electron chi connectivity index (χ2n) is 4.35. The molecule has 0 aliphatic rings. The van der Waals surface area contributed by atoms with Crippen molar-refractivity contribution in [1.82, 2.24) is 4.90 Å². The molecule has 0 radical (unpaired) electrons. The lowest BCUT2D eigenvalue weighted by atomic mass is 10.0. The van der Waals surface area contributed by atoms with Crippen LogP contribution in [0.5, 0.6) is 5.75 Å². The van der Waals surface area contributed by atoms with E-state index in [4.69, 9.17) is 9.47 Å². The van der Waals surface area contributed by atoms with Crippen LogP contribution in [0, 0.1) is 6.92 Å². The molecule has 0 N–H and O–H groups in total. The fraction of sp³-hybridized carbons (Fsp3) is 0.500. The number of likely N-dealkylation sites (N-methyl/N-ethyl adjacent to an activating group) is 1. The zero-order chi connectivity index (χ0) is 13.7. The molecule has 1 aromatic rings. The molecule has 0 amide bonds. The first kappa shape index (κ1) is 14.5. The number of hydrogen-bond acceptors (Lipinski definition) is 4. The van der Waals surface area contributed by atoms with Crippen molar-refractivity contribution < 1.29 is 14.3 Å². The van der Waals surface area contributed by atoms with E-state index in [1.54, 1.807) is 0 Å². The summed E-state index contributed by atoms with van der Waals surface area (Å²) >= 11 is 0. The SMILES string of the molecule is CCOc1ccc(C(C(=O)OC)N(C)C)cc1C. The largest absolute Gasteiger partial charge is 0.494 e. The second-order valence-corrected chi connectivity index (χ2v) is 4.35. The minimum atomic E-state index is -0.385. The molecule has 4 heteroatoms. The Morgan fingerprint density at radius 3 is 2.50 bits per heavy atom. The number of methoxy groups -OCH3 is 1. The van der Waals surface area contributed by atoms with Gasteiger partial charge >= 0.3 is 5.97 Å². The quantitative estimate of drug-likeness (QED) is 0.752. The number of aryl methyl sites for hydroxylation is 1. The maximum atomic E-state index is 11.8. The predicted octanol–water partition coefficient (Wildman–Crippen LogP) is 2.17. The normalized spacial score (nSPS) is 12.3. The lowest BCUT2D eigenvalue weighted by Gasteiger charge is -2.22. The standard InChI is InChI=1S/C14H21NO3/c1-6-18-12-8-7-11(9-10(12)2)13(15(3)4)14(16)17-5/h7-9,13H,6H2,1-5H3. The average molecular weight is 251 g/mol. The van der Waals surface area contributed by atoms with Crippen molar-refractivity contribution in [2.24, 2.45) is 0 Å². The molecule has 0 aliphatic carbocycles. The Kier molecular flexibility index (Phi) is 5.16. The van der Waals surface area contributed by atoms with Gasteiger partial charge in [0, 0.05) is 0 Å². The summed E-state index contributed by atoms with van der Waals surface area (Å²) in [6.07, 6.45) is 0. The van der Waals surface area contributed by atoms with Crippen molar-refractivity contribution in [2.45, 2.75) is 19.9 Å². The summed E-state index contributed by atoms with van der Waals surface area (Å²) in [5.74, 6) is 0.590. The van der Waals surface area contributed by atoms with E-state index in [2.05, 4.69) is 0 Å². The second kappa shape index (κ2) is 6.40. The molecule has 0 bridgehead atoms. The van der Waals surface area contributed by atoms with Gasteiger partial charge in [-0.25, -0.2) is 4.79 Å². The van der Waals surface area contributed by atoms with Gasteiger partial charge in [0.05, 0.1) is 13.7 Å². The summed E-state index contributed by atoms with van der Waals surface area (Å²) in [6.45, 7) is 4.55. The van der Waals surface area contributed by atoms with Gasteiger partial charge in [-0.3, -0.25) is 4.90 Å². The summed E-state index contributed by atoms with van der Waals surface area (Å²) in [5.41, 5.74) is 1.93. The first-order chi connectivity index (χ1) is 8.51. The van der Waals surface area contributed by atoms with Gasteiger partial charge in [0.1, 0.15) is 11.8 Å². The minimum Gasteiger partial charge on any atom is -0.494 e. The third kappa shape index (κ3) is 3.23. The Balaban J connectivity index is 3.07. The van der Waals surface area contributed by atoms with Gasteiger partial charge in [-0.15, -0.1) is 0 Å². The Morgan fingerprint density at radius 2 is 2.06 bits per heavy atom. The Morgan fingerprint density at radius 1 is 1.39 bits per heavy atom. The number of hydrogen-bond donors (Lipinski definition) is 0. The summed E-state index contributed by atoms with van der Waals surface area (Å²) in [5, 5.41) is 0. The lowest BCUT2D eigenvalue weighted by Crippen LogP contribution is -2.28. The zero-order valence-electron chi connectivity index (χ0n) is 11.7. The number of rotatable bonds is 5. The predicted molar refractivity (Wildman–Crippen MR) is 70.8 cm³/mol. The molecule has 1 atom stereocenters. The molecule has 0 saturated heterocycles. The molecule has 0 heterocycles. The molecule has 0 aliphatic heterocycles. The summed E-state index contributed by atoms with van der Waals surface area (Å²) in [4.78, 5) is 13.6.